The van der Waals surface area contributed by atoms with E-state index in [1.54, 1.807) is 30.5 Å². The molecule has 2 atom stereocenters. The first-order valence-corrected chi connectivity index (χ1v) is 9.60. The van der Waals surface area contributed by atoms with Gasteiger partial charge < -0.3 is 10.2 Å². The van der Waals surface area contributed by atoms with Crippen LogP contribution in [-0.2, 0) is 0 Å². The SMILES string of the molecule is Cc1ccc([C@@H]2[C@@H](c3ccccn3)NC(=S)N2c2ccc(F)c(C)c2)s1. The Morgan fingerprint density at radius 2 is 2.00 bits per heavy atom. The molecule has 0 aliphatic carbocycles. The Morgan fingerprint density at radius 3 is 2.65 bits per heavy atom. The summed E-state index contributed by atoms with van der Waals surface area (Å²) in [5.41, 5.74) is 2.43. The first-order valence-electron chi connectivity index (χ1n) is 8.38. The van der Waals surface area contributed by atoms with Gasteiger partial charge in [-0.05, 0) is 74.1 Å². The first-order chi connectivity index (χ1) is 12.5. The van der Waals surface area contributed by atoms with Gasteiger partial charge in [0.25, 0.3) is 0 Å². The molecule has 3 heterocycles. The van der Waals surface area contributed by atoms with Crippen molar-refractivity contribution in [1.82, 2.24) is 10.3 Å². The Balaban J connectivity index is 1.83. The normalized spacial score (nSPS) is 19.7. The predicted octanol–water partition coefficient (Wildman–Crippen LogP) is 5.08. The van der Waals surface area contributed by atoms with Crippen LogP contribution in [0.2, 0.25) is 0 Å². The van der Waals surface area contributed by atoms with E-state index in [1.165, 1.54) is 15.8 Å². The van der Waals surface area contributed by atoms with Crippen molar-refractivity contribution in [2.75, 3.05) is 4.90 Å². The highest BCUT2D eigenvalue weighted by atomic mass is 32.1. The summed E-state index contributed by atoms with van der Waals surface area (Å²) in [4.78, 5) is 9.05. The maximum Gasteiger partial charge on any atom is 0.174 e. The maximum absolute atomic E-state index is 13.8. The quantitative estimate of drug-likeness (QED) is 0.639. The number of hydrogen-bond acceptors (Lipinski definition) is 3. The zero-order chi connectivity index (χ0) is 18.3. The van der Waals surface area contributed by atoms with Crippen LogP contribution in [0.4, 0.5) is 10.1 Å². The van der Waals surface area contributed by atoms with Gasteiger partial charge in [-0.2, -0.15) is 0 Å². The van der Waals surface area contributed by atoms with Crippen LogP contribution in [0.15, 0.2) is 54.7 Å². The lowest BCUT2D eigenvalue weighted by molar-refractivity contribution is 0.574. The van der Waals surface area contributed by atoms with E-state index in [4.69, 9.17) is 12.2 Å². The number of thiocarbonyl (C=S) groups is 1. The average molecular weight is 384 g/mol. The number of hydrogen-bond donors (Lipinski definition) is 1. The third kappa shape index (κ3) is 2.99. The van der Waals surface area contributed by atoms with Gasteiger partial charge in [-0.25, -0.2) is 4.39 Å². The van der Waals surface area contributed by atoms with Gasteiger partial charge in [0.1, 0.15) is 5.82 Å². The van der Waals surface area contributed by atoms with Crippen molar-refractivity contribution in [2.45, 2.75) is 25.9 Å². The van der Waals surface area contributed by atoms with Crippen molar-refractivity contribution in [1.29, 1.82) is 0 Å². The molecule has 132 valence electrons. The Hall–Kier alpha value is -2.31. The van der Waals surface area contributed by atoms with Gasteiger partial charge in [0.2, 0.25) is 0 Å². The molecule has 1 aliphatic rings. The molecule has 1 aliphatic heterocycles. The van der Waals surface area contributed by atoms with Crippen LogP contribution in [0.3, 0.4) is 0 Å². The van der Waals surface area contributed by atoms with E-state index in [2.05, 4.69) is 34.3 Å². The first kappa shape index (κ1) is 17.1. The van der Waals surface area contributed by atoms with Crippen molar-refractivity contribution in [3.8, 4) is 0 Å². The van der Waals surface area contributed by atoms with Crippen LogP contribution in [0, 0.1) is 19.7 Å². The number of benzene rings is 1. The van der Waals surface area contributed by atoms with Gasteiger partial charge in [-0.1, -0.05) is 6.07 Å². The highest BCUT2D eigenvalue weighted by Gasteiger charge is 2.41. The van der Waals surface area contributed by atoms with Crippen molar-refractivity contribution in [2.24, 2.45) is 0 Å². The van der Waals surface area contributed by atoms with Gasteiger partial charge >= 0.3 is 0 Å². The summed E-state index contributed by atoms with van der Waals surface area (Å²) in [6, 6.07) is 15.2. The second-order valence-electron chi connectivity index (χ2n) is 6.38. The van der Waals surface area contributed by atoms with Crippen molar-refractivity contribution < 1.29 is 4.39 Å². The Morgan fingerprint density at radius 1 is 1.15 bits per heavy atom. The van der Waals surface area contributed by atoms with E-state index in [-0.39, 0.29) is 17.9 Å². The predicted molar refractivity (Wildman–Crippen MR) is 108 cm³/mol. The molecule has 1 fully saturated rings. The largest absolute Gasteiger partial charge is 0.351 e. The molecule has 6 heteroatoms. The molecule has 0 unspecified atom stereocenters. The van der Waals surface area contributed by atoms with Crippen LogP contribution in [-0.4, -0.2) is 10.1 Å². The number of anilines is 1. The summed E-state index contributed by atoms with van der Waals surface area (Å²) in [5, 5.41) is 4.05. The molecule has 0 radical (unpaired) electrons. The summed E-state index contributed by atoms with van der Waals surface area (Å²) in [7, 11) is 0. The van der Waals surface area contributed by atoms with Crippen molar-refractivity contribution >= 4 is 34.4 Å². The molecule has 26 heavy (non-hydrogen) atoms. The van der Waals surface area contributed by atoms with E-state index in [0.717, 1.165) is 11.4 Å². The smallest absolute Gasteiger partial charge is 0.174 e. The minimum absolute atomic E-state index is 0.0269. The highest BCUT2D eigenvalue weighted by molar-refractivity contribution is 7.80. The summed E-state index contributed by atoms with van der Waals surface area (Å²) < 4.78 is 13.8. The van der Waals surface area contributed by atoms with E-state index in [0.29, 0.717) is 10.7 Å². The number of rotatable bonds is 3. The zero-order valence-corrected chi connectivity index (χ0v) is 16.1. The number of aryl methyl sites for hydroxylation is 2. The van der Waals surface area contributed by atoms with Gasteiger partial charge in [0.05, 0.1) is 17.8 Å². The Kier molecular flexibility index (Phi) is 4.46. The summed E-state index contributed by atoms with van der Waals surface area (Å²) in [6.07, 6.45) is 1.79. The van der Waals surface area contributed by atoms with Gasteiger partial charge in [-0.15, -0.1) is 11.3 Å². The van der Waals surface area contributed by atoms with Crippen LogP contribution in [0.1, 0.15) is 33.1 Å². The monoisotopic (exact) mass is 383 g/mol. The molecule has 1 saturated heterocycles. The lowest BCUT2D eigenvalue weighted by Gasteiger charge is -2.27. The van der Waals surface area contributed by atoms with Crippen LogP contribution in [0.5, 0.6) is 0 Å². The minimum atomic E-state index is -0.211. The lowest BCUT2D eigenvalue weighted by Crippen LogP contribution is -2.29. The van der Waals surface area contributed by atoms with Crippen LogP contribution < -0.4 is 10.2 Å². The topological polar surface area (TPSA) is 28.2 Å². The van der Waals surface area contributed by atoms with Crippen molar-refractivity contribution in [3.05, 3.63) is 81.6 Å². The summed E-state index contributed by atoms with van der Waals surface area (Å²) in [5.74, 6) is -0.211. The fourth-order valence-electron chi connectivity index (χ4n) is 3.31. The molecule has 1 N–H and O–H groups in total. The maximum atomic E-state index is 13.8. The summed E-state index contributed by atoms with van der Waals surface area (Å²) >= 11 is 7.41. The fraction of sp³-hybridized carbons (Fsp3) is 0.200. The van der Waals surface area contributed by atoms with E-state index < -0.39 is 0 Å². The molecule has 0 bridgehead atoms. The number of aromatic nitrogens is 1. The molecular weight excluding hydrogens is 365 g/mol. The second kappa shape index (κ2) is 6.78. The van der Waals surface area contributed by atoms with Crippen molar-refractivity contribution in [3.63, 3.8) is 0 Å². The molecule has 0 amide bonds. The lowest BCUT2D eigenvalue weighted by atomic mass is 10.0. The third-order valence-corrected chi connectivity index (χ3v) is 5.96. The fourth-order valence-corrected chi connectivity index (χ4v) is 4.67. The molecule has 3 aromatic rings. The third-order valence-electron chi connectivity index (χ3n) is 4.57. The zero-order valence-electron chi connectivity index (χ0n) is 14.4. The number of thiophene rings is 1. The molecule has 0 spiro atoms. The molecule has 0 saturated carbocycles. The Labute approximate surface area is 161 Å². The van der Waals surface area contributed by atoms with E-state index >= 15 is 0 Å². The second-order valence-corrected chi connectivity index (χ2v) is 8.08. The van der Waals surface area contributed by atoms with Gasteiger partial charge in [0, 0.05) is 21.6 Å². The van der Waals surface area contributed by atoms with Crippen LogP contribution in [0.25, 0.3) is 0 Å². The average Bonchev–Trinajstić information content (AvgIpc) is 3.21. The highest BCUT2D eigenvalue weighted by Crippen LogP contribution is 2.43. The van der Waals surface area contributed by atoms with E-state index in [9.17, 15) is 4.39 Å². The molecule has 4 rings (SSSR count). The molecule has 1 aromatic carbocycles. The van der Waals surface area contributed by atoms with Gasteiger partial charge in [-0.3, -0.25) is 4.98 Å². The van der Waals surface area contributed by atoms with Crippen LogP contribution >= 0.6 is 23.6 Å². The molecular formula is C20H18FN3S2. The number of nitrogens with zero attached hydrogens (tertiary/aromatic N) is 2. The molecule has 2 aromatic heterocycles. The van der Waals surface area contributed by atoms with Gasteiger partial charge in [0.15, 0.2) is 5.11 Å². The summed E-state index contributed by atoms with van der Waals surface area (Å²) in [6.45, 7) is 3.86. The minimum Gasteiger partial charge on any atom is -0.351 e. The van der Waals surface area contributed by atoms with E-state index in [1.807, 2.05) is 24.3 Å². The Bertz CT molecular complexity index is 955. The standard InChI is InChI=1S/C20H18FN3S2/c1-12-11-14(7-8-15(12)21)24-19(17-9-6-13(2)26-17)18(23-20(24)25)16-5-3-4-10-22-16/h3-11,18-19H,1-2H3,(H,23,25)/t18-,19-/m1/s1. The number of halogens is 1. The number of nitrogens with one attached hydrogen (secondary N) is 1. The molecule has 3 nitrogen and oxygen atoms in total. The number of pyridine rings is 1.